The number of guanidine groups is 1. The molecule has 1 aliphatic heterocycles. The van der Waals surface area contributed by atoms with Gasteiger partial charge in [0.15, 0.2) is 5.96 Å². The Kier molecular flexibility index (Phi) is 10.1. The molecule has 1 aromatic rings. The van der Waals surface area contributed by atoms with Crippen molar-refractivity contribution in [3.05, 3.63) is 21.9 Å². The number of halogens is 1. The van der Waals surface area contributed by atoms with Crippen LogP contribution in [0.4, 0.5) is 0 Å². The predicted octanol–water partition coefficient (Wildman–Crippen LogP) is 3.60. The van der Waals surface area contributed by atoms with Gasteiger partial charge in [-0.2, -0.15) is 0 Å². The first-order valence-corrected chi connectivity index (χ1v) is 9.41. The van der Waals surface area contributed by atoms with Crippen LogP contribution in [-0.4, -0.2) is 43.1 Å². The summed E-state index contributed by atoms with van der Waals surface area (Å²) in [4.78, 5) is 8.68. The molecule has 4 nitrogen and oxygen atoms in total. The number of likely N-dealkylation sites (tertiary alicyclic amines) is 1. The van der Waals surface area contributed by atoms with Crippen molar-refractivity contribution >= 4 is 41.3 Å². The third-order valence-electron chi connectivity index (χ3n) is 4.35. The van der Waals surface area contributed by atoms with Gasteiger partial charge in [-0.05, 0) is 56.8 Å². The molecule has 0 radical (unpaired) electrons. The SMILES string of the molecule is CCNC(=NCc1sccc1C)NCC1CCCCN1CC.I. The Morgan fingerprint density at radius 2 is 2.17 bits per heavy atom. The van der Waals surface area contributed by atoms with Crippen LogP contribution < -0.4 is 10.6 Å². The van der Waals surface area contributed by atoms with Crippen LogP contribution in [0.15, 0.2) is 16.4 Å². The highest BCUT2D eigenvalue weighted by molar-refractivity contribution is 14.0. The molecule has 1 fully saturated rings. The van der Waals surface area contributed by atoms with Crippen LogP contribution in [-0.2, 0) is 6.54 Å². The minimum absolute atomic E-state index is 0. The van der Waals surface area contributed by atoms with Gasteiger partial charge in [0.2, 0.25) is 0 Å². The zero-order chi connectivity index (χ0) is 15.8. The van der Waals surface area contributed by atoms with E-state index in [-0.39, 0.29) is 24.0 Å². The van der Waals surface area contributed by atoms with E-state index >= 15 is 0 Å². The number of hydrogen-bond acceptors (Lipinski definition) is 3. The Morgan fingerprint density at radius 3 is 2.83 bits per heavy atom. The molecule has 6 heteroatoms. The highest BCUT2D eigenvalue weighted by Crippen LogP contribution is 2.17. The quantitative estimate of drug-likeness (QED) is 0.395. The summed E-state index contributed by atoms with van der Waals surface area (Å²) >= 11 is 1.79. The maximum atomic E-state index is 4.74. The molecule has 23 heavy (non-hydrogen) atoms. The first-order valence-electron chi connectivity index (χ1n) is 8.53. The Morgan fingerprint density at radius 1 is 1.35 bits per heavy atom. The summed E-state index contributed by atoms with van der Waals surface area (Å²) < 4.78 is 0. The van der Waals surface area contributed by atoms with Crippen molar-refractivity contribution in [3.63, 3.8) is 0 Å². The van der Waals surface area contributed by atoms with Gasteiger partial charge >= 0.3 is 0 Å². The smallest absolute Gasteiger partial charge is 0.191 e. The number of nitrogens with one attached hydrogen (secondary N) is 2. The van der Waals surface area contributed by atoms with Crippen molar-refractivity contribution in [1.82, 2.24) is 15.5 Å². The van der Waals surface area contributed by atoms with Gasteiger partial charge in [-0.25, -0.2) is 4.99 Å². The molecule has 0 aliphatic carbocycles. The minimum atomic E-state index is 0. The van der Waals surface area contributed by atoms with Gasteiger partial charge in [0.25, 0.3) is 0 Å². The largest absolute Gasteiger partial charge is 0.357 e. The molecule has 0 spiro atoms. The van der Waals surface area contributed by atoms with E-state index < -0.39 is 0 Å². The van der Waals surface area contributed by atoms with E-state index in [2.05, 4.69) is 47.8 Å². The van der Waals surface area contributed by atoms with Crippen molar-refractivity contribution in [2.45, 2.75) is 52.6 Å². The third-order valence-corrected chi connectivity index (χ3v) is 5.36. The van der Waals surface area contributed by atoms with Gasteiger partial charge in [-0.15, -0.1) is 35.3 Å². The average molecular weight is 450 g/mol. The summed E-state index contributed by atoms with van der Waals surface area (Å²) in [6.45, 7) is 11.6. The summed E-state index contributed by atoms with van der Waals surface area (Å²) in [5, 5.41) is 9.04. The molecule has 0 aromatic carbocycles. The molecule has 0 saturated carbocycles. The summed E-state index contributed by atoms with van der Waals surface area (Å²) in [6, 6.07) is 2.81. The first-order chi connectivity index (χ1) is 10.7. The van der Waals surface area contributed by atoms with Crippen LogP contribution >= 0.6 is 35.3 Å². The van der Waals surface area contributed by atoms with Crippen molar-refractivity contribution in [3.8, 4) is 0 Å². The van der Waals surface area contributed by atoms with Gasteiger partial charge in [-0.1, -0.05) is 13.3 Å². The molecule has 1 saturated heterocycles. The molecule has 132 valence electrons. The summed E-state index contributed by atoms with van der Waals surface area (Å²) in [5.41, 5.74) is 1.34. The molecule has 1 unspecified atom stereocenters. The maximum absolute atomic E-state index is 4.74. The lowest BCUT2D eigenvalue weighted by molar-refractivity contribution is 0.157. The Labute approximate surface area is 162 Å². The molecule has 0 amide bonds. The molecule has 2 heterocycles. The van der Waals surface area contributed by atoms with E-state index in [1.54, 1.807) is 11.3 Å². The lowest BCUT2D eigenvalue weighted by Gasteiger charge is -2.35. The number of aryl methyl sites for hydroxylation is 1. The lowest BCUT2D eigenvalue weighted by Crippen LogP contribution is -2.49. The van der Waals surface area contributed by atoms with Gasteiger partial charge in [0, 0.05) is 24.0 Å². The first kappa shape index (κ1) is 20.7. The molecule has 2 rings (SSSR count). The number of nitrogens with zero attached hydrogens (tertiary/aromatic N) is 2. The fraction of sp³-hybridized carbons (Fsp3) is 0.706. The highest BCUT2D eigenvalue weighted by atomic mass is 127. The van der Waals surface area contributed by atoms with E-state index in [0.717, 1.165) is 32.1 Å². The molecule has 1 atom stereocenters. The molecular formula is C17H31IN4S. The summed E-state index contributed by atoms with van der Waals surface area (Å²) in [5.74, 6) is 0.942. The molecule has 0 bridgehead atoms. The number of thiophene rings is 1. The predicted molar refractivity (Wildman–Crippen MR) is 112 cm³/mol. The number of likely N-dealkylation sites (N-methyl/N-ethyl adjacent to an activating group) is 1. The normalized spacial score (nSPS) is 19.3. The fourth-order valence-electron chi connectivity index (χ4n) is 2.98. The molecule has 2 N–H and O–H groups in total. The van der Waals surface area contributed by atoms with Crippen molar-refractivity contribution in [2.75, 3.05) is 26.2 Å². The third kappa shape index (κ3) is 6.58. The lowest BCUT2D eigenvalue weighted by atomic mass is 10.0. The number of hydrogen-bond donors (Lipinski definition) is 2. The molecular weight excluding hydrogens is 419 g/mol. The Hall–Kier alpha value is -0.340. The zero-order valence-corrected chi connectivity index (χ0v) is 17.7. The second-order valence-corrected chi connectivity index (χ2v) is 6.88. The van der Waals surface area contributed by atoms with Gasteiger partial charge in [0.1, 0.15) is 0 Å². The molecule has 1 aromatic heterocycles. The van der Waals surface area contributed by atoms with Crippen LogP contribution in [0.25, 0.3) is 0 Å². The number of aliphatic imine (C=N–C) groups is 1. The topological polar surface area (TPSA) is 39.7 Å². The van der Waals surface area contributed by atoms with Crippen LogP contribution in [0.5, 0.6) is 0 Å². The second-order valence-electron chi connectivity index (χ2n) is 5.88. The van der Waals surface area contributed by atoms with Crippen LogP contribution in [0.1, 0.15) is 43.6 Å². The van der Waals surface area contributed by atoms with E-state index in [1.807, 2.05) is 0 Å². The van der Waals surface area contributed by atoms with Gasteiger partial charge < -0.3 is 10.6 Å². The van der Waals surface area contributed by atoms with Crippen LogP contribution in [0.2, 0.25) is 0 Å². The monoisotopic (exact) mass is 450 g/mol. The maximum Gasteiger partial charge on any atom is 0.191 e. The van der Waals surface area contributed by atoms with Gasteiger partial charge in [0.05, 0.1) is 6.54 Å². The van der Waals surface area contributed by atoms with Crippen molar-refractivity contribution in [1.29, 1.82) is 0 Å². The van der Waals surface area contributed by atoms with E-state index in [9.17, 15) is 0 Å². The Bertz CT molecular complexity index is 475. The summed E-state index contributed by atoms with van der Waals surface area (Å²) in [7, 11) is 0. The number of rotatable bonds is 6. The average Bonchev–Trinajstić information content (AvgIpc) is 2.95. The van der Waals surface area contributed by atoms with Crippen LogP contribution in [0.3, 0.4) is 0 Å². The fourth-order valence-corrected chi connectivity index (χ4v) is 3.81. The van der Waals surface area contributed by atoms with E-state index in [1.165, 1.54) is 36.2 Å². The highest BCUT2D eigenvalue weighted by Gasteiger charge is 2.20. The number of piperidine rings is 1. The van der Waals surface area contributed by atoms with E-state index in [0.29, 0.717) is 6.04 Å². The minimum Gasteiger partial charge on any atom is -0.357 e. The van der Waals surface area contributed by atoms with Crippen molar-refractivity contribution < 1.29 is 0 Å². The van der Waals surface area contributed by atoms with Crippen molar-refractivity contribution in [2.24, 2.45) is 4.99 Å². The summed E-state index contributed by atoms with van der Waals surface area (Å²) in [6.07, 6.45) is 3.99. The van der Waals surface area contributed by atoms with Crippen LogP contribution in [0, 0.1) is 6.92 Å². The molecule has 1 aliphatic rings. The second kappa shape index (κ2) is 11.3. The Balaban J connectivity index is 0.00000264. The van der Waals surface area contributed by atoms with E-state index in [4.69, 9.17) is 4.99 Å². The van der Waals surface area contributed by atoms with Gasteiger partial charge in [-0.3, -0.25) is 4.90 Å². The zero-order valence-electron chi connectivity index (χ0n) is 14.6. The standard InChI is InChI=1S/C17H30N4S.HI/c1-4-18-17(20-13-16-14(3)9-11-22-16)19-12-15-8-6-7-10-21(15)5-2;/h9,11,15H,4-8,10,12-13H2,1-3H3,(H2,18,19,20);1H.